The summed E-state index contributed by atoms with van der Waals surface area (Å²) in [6.45, 7) is 0.677. The second-order valence-electron chi connectivity index (χ2n) is 4.35. The topological polar surface area (TPSA) is 18.5 Å². The molecule has 1 aliphatic heterocycles. The third-order valence-electron chi connectivity index (χ3n) is 2.73. The van der Waals surface area contributed by atoms with Gasteiger partial charge in [0.05, 0.1) is 13.0 Å². The van der Waals surface area contributed by atoms with E-state index >= 15 is 0 Å². The van der Waals surface area contributed by atoms with Crippen LogP contribution >= 0.6 is 0 Å². The van der Waals surface area contributed by atoms with Crippen LogP contribution < -0.4 is 4.74 Å². The van der Waals surface area contributed by atoms with Gasteiger partial charge in [0.2, 0.25) is 0 Å². The van der Waals surface area contributed by atoms with Crippen LogP contribution in [0.2, 0.25) is 0 Å². The Balaban J connectivity index is 1.90. The van der Waals surface area contributed by atoms with Gasteiger partial charge in [0.15, 0.2) is 6.29 Å². The Kier molecular flexibility index (Phi) is 4.11. The first-order valence-corrected chi connectivity index (χ1v) is 5.97. The first kappa shape index (κ1) is 13.2. The number of alkyl halides is 3. The van der Waals surface area contributed by atoms with Crippen molar-refractivity contribution in [3.05, 3.63) is 29.8 Å². The van der Waals surface area contributed by atoms with Gasteiger partial charge in [-0.05, 0) is 30.5 Å². The van der Waals surface area contributed by atoms with E-state index in [0.29, 0.717) is 12.4 Å². The van der Waals surface area contributed by atoms with Crippen molar-refractivity contribution < 1.29 is 22.6 Å². The molecule has 0 saturated carbocycles. The molecular weight excluding hydrogens is 245 g/mol. The van der Waals surface area contributed by atoms with Crippen LogP contribution in [0.15, 0.2) is 24.3 Å². The minimum absolute atomic E-state index is 0.236. The number of ether oxygens (including phenoxy) is 2. The molecule has 0 amide bonds. The highest BCUT2D eigenvalue weighted by molar-refractivity contribution is 5.27. The Labute approximate surface area is 104 Å². The zero-order valence-corrected chi connectivity index (χ0v) is 9.87. The van der Waals surface area contributed by atoms with Crippen molar-refractivity contribution in [1.82, 2.24) is 0 Å². The van der Waals surface area contributed by atoms with Gasteiger partial charge in [-0.25, -0.2) is 0 Å². The summed E-state index contributed by atoms with van der Waals surface area (Å²) in [6.07, 6.45) is -2.44. The Bertz CT molecular complexity index is 367. The van der Waals surface area contributed by atoms with Crippen molar-refractivity contribution in [2.45, 2.75) is 38.1 Å². The van der Waals surface area contributed by atoms with Crippen LogP contribution in [0.3, 0.4) is 0 Å². The van der Waals surface area contributed by atoms with Crippen molar-refractivity contribution >= 4 is 0 Å². The van der Waals surface area contributed by atoms with E-state index < -0.39 is 12.6 Å². The average Bonchev–Trinajstić information content (AvgIpc) is 2.31. The summed E-state index contributed by atoms with van der Waals surface area (Å²) in [4.78, 5) is 0. The monoisotopic (exact) mass is 260 g/mol. The average molecular weight is 260 g/mol. The molecule has 0 aromatic heterocycles. The third kappa shape index (κ3) is 4.22. The number of halogens is 3. The van der Waals surface area contributed by atoms with Crippen LogP contribution in [0, 0.1) is 0 Å². The highest BCUT2D eigenvalue weighted by Gasteiger charge is 2.27. The van der Waals surface area contributed by atoms with Gasteiger partial charge in [0.25, 0.3) is 0 Å². The minimum Gasteiger partial charge on any atom is -0.465 e. The predicted molar refractivity (Wildman–Crippen MR) is 60.4 cm³/mol. The molecule has 1 atom stereocenters. The first-order chi connectivity index (χ1) is 8.53. The van der Waals surface area contributed by atoms with Crippen molar-refractivity contribution in [3.63, 3.8) is 0 Å². The highest BCUT2D eigenvalue weighted by atomic mass is 19.4. The van der Waals surface area contributed by atoms with Gasteiger partial charge in [-0.2, -0.15) is 13.2 Å². The first-order valence-electron chi connectivity index (χ1n) is 5.97. The molecule has 1 aliphatic rings. The Morgan fingerprint density at radius 2 is 1.89 bits per heavy atom. The van der Waals surface area contributed by atoms with E-state index in [1.54, 1.807) is 12.1 Å². The Morgan fingerprint density at radius 3 is 2.44 bits per heavy atom. The lowest BCUT2D eigenvalue weighted by molar-refractivity contribution is -0.127. The van der Waals surface area contributed by atoms with Gasteiger partial charge >= 0.3 is 6.18 Å². The predicted octanol–water partition coefficient (Wildman–Crippen LogP) is 3.70. The lowest BCUT2D eigenvalue weighted by Gasteiger charge is -2.23. The van der Waals surface area contributed by atoms with E-state index in [0.717, 1.165) is 19.3 Å². The van der Waals surface area contributed by atoms with Crippen LogP contribution in [-0.4, -0.2) is 19.1 Å². The van der Waals surface area contributed by atoms with Gasteiger partial charge in [-0.1, -0.05) is 12.1 Å². The number of hydrogen-bond acceptors (Lipinski definition) is 2. The molecular formula is C13H15F3O2. The quantitative estimate of drug-likeness (QED) is 0.825. The molecule has 18 heavy (non-hydrogen) atoms. The van der Waals surface area contributed by atoms with Gasteiger partial charge in [0, 0.05) is 6.42 Å². The zero-order valence-electron chi connectivity index (χ0n) is 9.87. The normalized spacial score (nSPS) is 20.7. The molecule has 0 spiro atoms. The molecule has 1 saturated heterocycles. The van der Waals surface area contributed by atoms with Crippen molar-refractivity contribution in [1.29, 1.82) is 0 Å². The summed E-state index contributed by atoms with van der Waals surface area (Å²) in [5.74, 6) is 0.549. The number of hydrogen-bond donors (Lipinski definition) is 0. The van der Waals surface area contributed by atoms with E-state index in [1.165, 1.54) is 12.1 Å². The zero-order chi connectivity index (χ0) is 13.0. The summed E-state index contributed by atoms with van der Waals surface area (Å²) >= 11 is 0. The molecule has 2 nitrogen and oxygen atoms in total. The van der Waals surface area contributed by atoms with Gasteiger partial charge < -0.3 is 9.47 Å². The summed E-state index contributed by atoms with van der Waals surface area (Å²) in [5.41, 5.74) is 0.236. The maximum atomic E-state index is 12.2. The van der Waals surface area contributed by atoms with E-state index in [9.17, 15) is 13.2 Å². The molecule has 1 unspecified atom stereocenters. The molecule has 5 heteroatoms. The van der Waals surface area contributed by atoms with Crippen molar-refractivity contribution in [2.75, 3.05) is 6.61 Å². The van der Waals surface area contributed by atoms with Crippen LogP contribution in [-0.2, 0) is 11.2 Å². The molecule has 100 valence electrons. The Morgan fingerprint density at radius 1 is 1.17 bits per heavy atom. The second kappa shape index (κ2) is 5.61. The molecule has 0 radical (unpaired) electrons. The van der Waals surface area contributed by atoms with Crippen molar-refractivity contribution in [3.8, 4) is 5.75 Å². The number of rotatable bonds is 3. The van der Waals surface area contributed by atoms with Crippen LogP contribution in [0.4, 0.5) is 13.2 Å². The van der Waals surface area contributed by atoms with E-state index in [2.05, 4.69) is 0 Å². The smallest absolute Gasteiger partial charge is 0.393 e. The maximum Gasteiger partial charge on any atom is 0.393 e. The lowest BCUT2D eigenvalue weighted by Crippen LogP contribution is -2.24. The molecule has 0 bridgehead atoms. The molecule has 1 aromatic carbocycles. The van der Waals surface area contributed by atoms with Gasteiger partial charge in [-0.3, -0.25) is 0 Å². The molecule has 0 aliphatic carbocycles. The second-order valence-corrected chi connectivity index (χ2v) is 4.35. The van der Waals surface area contributed by atoms with Crippen LogP contribution in [0.1, 0.15) is 24.8 Å². The summed E-state index contributed by atoms with van der Waals surface area (Å²) in [5, 5.41) is 0. The van der Waals surface area contributed by atoms with Crippen LogP contribution in [0.25, 0.3) is 0 Å². The standard InChI is InChI=1S/C13H15F3O2/c14-13(15,16)9-10-4-6-11(7-5-10)18-12-3-1-2-8-17-12/h4-7,12H,1-3,8-9H2. The van der Waals surface area contributed by atoms with E-state index in [-0.39, 0.29) is 11.9 Å². The molecule has 2 rings (SSSR count). The fraction of sp³-hybridized carbons (Fsp3) is 0.538. The molecule has 1 heterocycles. The van der Waals surface area contributed by atoms with E-state index in [4.69, 9.17) is 9.47 Å². The summed E-state index contributed by atoms with van der Waals surface area (Å²) in [7, 11) is 0. The van der Waals surface area contributed by atoms with E-state index in [1.807, 2.05) is 0 Å². The molecule has 1 aromatic rings. The Hall–Kier alpha value is -1.23. The SMILES string of the molecule is FC(F)(F)Cc1ccc(OC2CCCCO2)cc1. The molecule has 1 fully saturated rings. The third-order valence-corrected chi connectivity index (χ3v) is 2.73. The maximum absolute atomic E-state index is 12.2. The highest BCUT2D eigenvalue weighted by Crippen LogP contribution is 2.24. The fourth-order valence-corrected chi connectivity index (χ4v) is 1.87. The largest absolute Gasteiger partial charge is 0.465 e. The van der Waals surface area contributed by atoms with Crippen molar-refractivity contribution in [2.24, 2.45) is 0 Å². The minimum atomic E-state index is -4.17. The summed E-state index contributed by atoms with van der Waals surface area (Å²) in [6, 6.07) is 5.98. The van der Waals surface area contributed by atoms with Gasteiger partial charge in [0.1, 0.15) is 5.75 Å². The fourth-order valence-electron chi connectivity index (χ4n) is 1.87. The number of benzene rings is 1. The lowest BCUT2D eigenvalue weighted by atomic mass is 10.1. The van der Waals surface area contributed by atoms with Crippen LogP contribution in [0.5, 0.6) is 5.75 Å². The summed E-state index contributed by atoms with van der Waals surface area (Å²) < 4.78 is 47.4. The van der Waals surface area contributed by atoms with Gasteiger partial charge in [-0.15, -0.1) is 0 Å². The molecule has 0 N–H and O–H groups in total.